The van der Waals surface area contributed by atoms with Crippen LogP contribution in [0.2, 0.25) is 0 Å². The molecule has 0 aliphatic heterocycles. The number of hydrogen-bond donors (Lipinski definition) is 1. The summed E-state index contributed by atoms with van der Waals surface area (Å²) in [4.78, 5) is 0. The average molecular weight is 259 g/mol. The summed E-state index contributed by atoms with van der Waals surface area (Å²) in [5.74, 6) is -0.586. The zero-order valence-electron chi connectivity index (χ0n) is 10.2. The van der Waals surface area contributed by atoms with Gasteiger partial charge < -0.3 is 10.5 Å². The van der Waals surface area contributed by atoms with Crippen molar-refractivity contribution < 1.29 is 17.9 Å². The molecular weight excluding hydrogens is 243 g/mol. The maximum absolute atomic E-state index is 13.5. The lowest BCUT2D eigenvalue weighted by Gasteiger charge is -2.42. The molecule has 1 fully saturated rings. The lowest BCUT2D eigenvalue weighted by atomic mass is 9.64. The van der Waals surface area contributed by atoms with Crippen molar-refractivity contribution in [3.63, 3.8) is 0 Å². The first-order valence-electron chi connectivity index (χ1n) is 5.90. The van der Waals surface area contributed by atoms with Gasteiger partial charge in [-0.25, -0.2) is 13.2 Å². The molecular formula is C13H16F3NO. The van der Waals surface area contributed by atoms with Crippen LogP contribution in [0, 0.1) is 5.82 Å². The van der Waals surface area contributed by atoms with Crippen molar-refractivity contribution in [3.05, 3.63) is 29.1 Å². The summed E-state index contributed by atoms with van der Waals surface area (Å²) in [7, 11) is 1.32. The first-order chi connectivity index (χ1) is 8.54. The number of rotatable bonds is 4. The van der Waals surface area contributed by atoms with Crippen molar-refractivity contribution in [1.29, 1.82) is 0 Å². The Morgan fingerprint density at radius 3 is 2.44 bits per heavy atom. The SMILES string of the molecule is COc1c(C(F)F)cc(F)cc1C1(CN)CCC1. The number of methoxy groups -OCH3 is 1. The minimum Gasteiger partial charge on any atom is -0.496 e. The number of alkyl halides is 2. The Morgan fingerprint density at radius 1 is 1.39 bits per heavy atom. The van der Waals surface area contributed by atoms with E-state index in [4.69, 9.17) is 10.5 Å². The molecule has 18 heavy (non-hydrogen) atoms. The van der Waals surface area contributed by atoms with Gasteiger partial charge in [0.25, 0.3) is 6.43 Å². The van der Waals surface area contributed by atoms with E-state index in [2.05, 4.69) is 0 Å². The van der Waals surface area contributed by atoms with E-state index < -0.39 is 23.2 Å². The number of hydrogen-bond acceptors (Lipinski definition) is 2. The molecule has 0 aromatic heterocycles. The van der Waals surface area contributed by atoms with Crippen molar-refractivity contribution in [2.45, 2.75) is 31.1 Å². The van der Waals surface area contributed by atoms with Crippen molar-refractivity contribution in [3.8, 4) is 5.75 Å². The maximum Gasteiger partial charge on any atom is 0.267 e. The third-order valence-electron chi connectivity index (χ3n) is 3.79. The van der Waals surface area contributed by atoms with Gasteiger partial charge in [-0.05, 0) is 25.0 Å². The molecule has 0 spiro atoms. The highest BCUT2D eigenvalue weighted by atomic mass is 19.3. The van der Waals surface area contributed by atoms with E-state index in [0.29, 0.717) is 12.1 Å². The molecule has 1 aliphatic carbocycles. The highest BCUT2D eigenvalue weighted by molar-refractivity contribution is 5.48. The molecule has 0 heterocycles. The zero-order valence-corrected chi connectivity index (χ0v) is 10.2. The van der Waals surface area contributed by atoms with Gasteiger partial charge in [-0.15, -0.1) is 0 Å². The number of benzene rings is 1. The Labute approximate surface area is 104 Å². The fraction of sp³-hybridized carbons (Fsp3) is 0.538. The van der Waals surface area contributed by atoms with Gasteiger partial charge in [0.05, 0.1) is 12.7 Å². The molecule has 0 amide bonds. The van der Waals surface area contributed by atoms with Crippen LogP contribution in [-0.4, -0.2) is 13.7 Å². The van der Waals surface area contributed by atoms with Crippen LogP contribution in [0.15, 0.2) is 12.1 Å². The Kier molecular flexibility index (Phi) is 3.52. The summed E-state index contributed by atoms with van der Waals surface area (Å²) in [5.41, 5.74) is 5.41. The topological polar surface area (TPSA) is 35.2 Å². The van der Waals surface area contributed by atoms with Crippen LogP contribution in [-0.2, 0) is 5.41 Å². The summed E-state index contributed by atoms with van der Waals surface area (Å²) >= 11 is 0. The molecule has 2 rings (SSSR count). The molecule has 0 unspecified atom stereocenters. The summed E-state index contributed by atoms with van der Waals surface area (Å²) in [5, 5.41) is 0. The van der Waals surface area contributed by atoms with Gasteiger partial charge in [-0.2, -0.15) is 0 Å². The molecule has 1 aromatic rings. The van der Waals surface area contributed by atoms with Gasteiger partial charge in [-0.3, -0.25) is 0 Å². The third-order valence-corrected chi connectivity index (χ3v) is 3.79. The molecule has 2 nitrogen and oxygen atoms in total. The van der Waals surface area contributed by atoms with Crippen LogP contribution in [0.3, 0.4) is 0 Å². The molecule has 100 valence electrons. The van der Waals surface area contributed by atoms with E-state index in [0.717, 1.165) is 25.3 Å². The molecule has 0 atom stereocenters. The lowest BCUT2D eigenvalue weighted by Crippen LogP contribution is -2.42. The predicted molar refractivity (Wildman–Crippen MR) is 62.5 cm³/mol. The van der Waals surface area contributed by atoms with Gasteiger partial charge in [0, 0.05) is 17.5 Å². The second-order valence-corrected chi connectivity index (χ2v) is 4.71. The molecule has 5 heteroatoms. The molecule has 1 aromatic carbocycles. The van der Waals surface area contributed by atoms with E-state index in [9.17, 15) is 13.2 Å². The molecule has 0 saturated heterocycles. The van der Waals surface area contributed by atoms with Crippen LogP contribution in [0.25, 0.3) is 0 Å². The average Bonchev–Trinajstić information content (AvgIpc) is 2.27. The van der Waals surface area contributed by atoms with Crippen LogP contribution in [0.5, 0.6) is 5.75 Å². The molecule has 0 bridgehead atoms. The van der Waals surface area contributed by atoms with E-state index in [1.54, 1.807) is 0 Å². The van der Waals surface area contributed by atoms with E-state index in [1.807, 2.05) is 0 Å². The first-order valence-corrected chi connectivity index (χ1v) is 5.90. The highest BCUT2D eigenvalue weighted by Gasteiger charge is 2.41. The summed E-state index contributed by atoms with van der Waals surface area (Å²) in [6.45, 7) is 0.315. The van der Waals surface area contributed by atoms with Crippen LogP contribution in [0.4, 0.5) is 13.2 Å². The number of nitrogens with two attached hydrogens (primary N) is 1. The Morgan fingerprint density at radius 2 is 2.06 bits per heavy atom. The Bertz CT molecular complexity index is 439. The fourth-order valence-corrected chi connectivity index (χ4v) is 2.59. The van der Waals surface area contributed by atoms with E-state index >= 15 is 0 Å². The molecule has 2 N–H and O–H groups in total. The second kappa shape index (κ2) is 4.80. The molecule has 1 aliphatic rings. The Balaban J connectivity index is 2.58. The van der Waals surface area contributed by atoms with Gasteiger partial charge >= 0.3 is 0 Å². The van der Waals surface area contributed by atoms with Crippen molar-refractivity contribution in [2.24, 2.45) is 5.73 Å². The normalized spacial score (nSPS) is 17.7. The first kappa shape index (κ1) is 13.2. The zero-order chi connectivity index (χ0) is 13.3. The van der Waals surface area contributed by atoms with E-state index in [1.165, 1.54) is 13.2 Å². The number of halogens is 3. The molecule has 0 radical (unpaired) electrons. The summed E-state index contributed by atoms with van der Waals surface area (Å²) in [6.07, 6.45) is -0.219. The van der Waals surface area contributed by atoms with Crippen molar-refractivity contribution in [1.82, 2.24) is 0 Å². The van der Waals surface area contributed by atoms with Crippen LogP contribution in [0.1, 0.15) is 36.8 Å². The fourth-order valence-electron chi connectivity index (χ4n) is 2.59. The quantitative estimate of drug-likeness (QED) is 0.901. The van der Waals surface area contributed by atoms with Gasteiger partial charge in [0.1, 0.15) is 11.6 Å². The summed E-state index contributed by atoms with van der Waals surface area (Å²) < 4.78 is 44.4. The summed E-state index contributed by atoms with van der Waals surface area (Å²) in [6, 6.07) is 2.10. The smallest absolute Gasteiger partial charge is 0.267 e. The number of ether oxygens (including phenoxy) is 1. The minimum absolute atomic E-state index is 0.0801. The highest BCUT2D eigenvalue weighted by Crippen LogP contribution is 2.48. The largest absolute Gasteiger partial charge is 0.496 e. The van der Waals surface area contributed by atoms with Crippen molar-refractivity contribution >= 4 is 0 Å². The Hall–Kier alpha value is -1.23. The predicted octanol–water partition coefficient (Wildman–Crippen LogP) is 3.15. The van der Waals surface area contributed by atoms with Crippen molar-refractivity contribution in [2.75, 3.05) is 13.7 Å². The second-order valence-electron chi connectivity index (χ2n) is 4.71. The molecule has 1 saturated carbocycles. The monoisotopic (exact) mass is 259 g/mol. The van der Waals surface area contributed by atoms with Crippen LogP contribution < -0.4 is 10.5 Å². The third kappa shape index (κ3) is 1.96. The van der Waals surface area contributed by atoms with Gasteiger partial charge in [0.15, 0.2) is 0 Å². The minimum atomic E-state index is -2.76. The maximum atomic E-state index is 13.5. The lowest BCUT2D eigenvalue weighted by molar-refractivity contribution is 0.145. The standard InChI is InChI=1S/C13H16F3NO/c1-18-11-9(12(15)16)5-8(14)6-10(11)13(7-17)3-2-4-13/h5-6,12H,2-4,7,17H2,1H3. The van der Waals surface area contributed by atoms with Gasteiger partial charge in [-0.1, -0.05) is 6.42 Å². The van der Waals surface area contributed by atoms with Gasteiger partial charge in [0.2, 0.25) is 0 Å². The van der Waals surface area contributed by atoms with E-state index in [-0.39, 0.29) is 5.75 Å². The van der Waals surface area contributed by atoms with Crippen LogP contribution >= 0.6 is 0 Å².